The molecule has 0 aliphatic heterocycles. The zero-order chi connectivity index (χ0) is 13.1. The standard InChI is InChI=1S/C10H15F3N4/c1-7(14)3-8-4-15-9(16-5-8)17(2)6-10(11,12)13/h4-5,7H,3,6,14H2,1-2H3. The first-order valence-electron chi connectivity index (χ1n) is 5.12. The first kappa shape index (κ1) is 13.7. The van der Waals surface area contributed by atoms with Crippen molar-refractivity contribution in [1.29, 1.82) is 0 Å². The molecule has 0 aliphatic carbocycles. The lowest BCUT2D eigenvalue weighted by molar-refractivity contribution is -0.119. The summed E-state index contributed by atoms with van der Waals surface area (Å²) in [6.45, 7) is 0.767. The van der Waals surface area contributed by atoms with Crippen LogP contribution in [0, 0.1) is 0 Å². The SMILES string of the molecule is CC(N)Cc1cnc(N(C)CC(F)(F)F)nc1. The molecule has 0 amide bonds. The van der Waals surface area contributed by atoms with Crippen LogP contribution in [0.4, 0.5) is 19.1 Å². The lowest BCUT2D eigenvalue weighted by Crippen LogP contribution is -2.32. The van der Waals surface area contributed by atoms with Crippen LogP contribution in [0.3, 0.4) is 0 Å². The Labute approximate surface area is 97.7 Å². The van der Waals surface area contributed by atoms with E-state index in [1.54, 1.807) is 0 Å². The van der Waals surface area contributed by atoms with Crippen LogP contribution < -0.4 is 10.6 Å². The average Bonchev–Trinajstić information content (AvgIpc) is 2.15. The van der Waals surface area contributed by atoms with E-state index in [0.717, 1.165) is 10.5 Å². The van der Waals surface area contributed by atoms with Crippen LogP contribution in [0.2, 0.25) is 0 Å². The molecule has 0 aromatic carbocycles. The summed E-state index contributed by atoms with van der Waals surface area (Å²) in [4.78, 5) is 8.70. The van der Waals surface area contributed by atoms with Gasteiger partial charge < -0.3 is 10.6 Å². The van der Waals surface area contributed by atoms with Crippen LogP contribution in [0.5, 0.6) is 0 Å². The number of halogens is 3. The first-order valence-corrected chi connectivity index (χ1v) is 5.12. The molecule has 4 nitrogen and oxygen atoms in total. The second kappa shape index (κ2) is 5.31. The predicted molar refractivity (Wildman–Crippen MR) is 58.7 cm³/mol. The highest BCUT2D eigenvalue weighted by Gasteiger charge is 2.30. The van der Waals surface area contributed by atoms with Gasteiger partial charge in [0.1, 0.15) is 6.54 Å². The van der Waals surface area contributed by atoms with E-state index in [1.807, 2.05) is 6.92 Å². The van der Waals surface area contributed by atoms with Crippen molar-refractivity contribution in [2.45, 2.75) is 25.6 Å². The van der Waals surface area contributed by atoms with Crippen LogP contribution in [-0.2, 0) is 6.42 Å². The molecule has 1 rings (SSSR count). The molecule has 17 heavy (non-hydrogen) atoms. The summed E-state index contributed by atoms with van der Waals surface area (Å²) in [6.07, 6.45) is -0.664. The third-order valence-electron chi connectivity index (χ3n) is 2.01. The lowest BCUT2D eigenvalue weighted by Gasteiger charge is -2.18. The van der Waals surface area contributed by atoms with E-state index in [0.29, 0.717) is 6.42 Å². The molecule has 0 saturated heterocycles. The van der Waals surface area contributed by atoms with Crippen molar-refractivity contribution in [2.24, 2.45) is 5.73 Å². The molecule has 0 saturated carbocycles. The van der Waals surface area contributed by atoms with E-state index >= 15 is 0 Å². The smallest absolute Gasteiger partial charge is 0.335 e. The molecule has 0 aliphatic rings. The summed E-state index contributed by atoms with van der Waals surface area (Å²) in [6, 6.07) is -0.0302. The number of aromatic nitrogens is 2. The molecule has 7 heteroatoms. The van der Waals surface area contributed by atoms with Gasteiger partial charge in [-0.25, -0.2) is 9.97 Å². The number of anilines is 1. The van der Waals surface area contributed by atoms with Gasteiger partial charge in [-0.3, -0.25) is 0 Å². The molecule has 96 valence electrons. The number of alkyl halides is 3. The summed E-state index contributed by atoms with van der Waals surface area (Å²) in [5.41, 5.74) is 6.40. The number of hydrogen-bond donors (Lipinski definition) is 1. The topological polar surface area (TPSA) is 55.0 Å². The minimum Gasteiger partial charge on any atom is -0.335 e. The van der Waals surface area contributed by atoms with Gasteiger partial charge in [0.05, 0.1) is 0 Å². The van der Waals surface area contributed by atoms with E-state index in [2.05, 4.69) is 9.97 Å². The number of rotatable bonds is 4. The van der Waals surface area contributed by atoms with Gasteiger partial charge in [0, 0.05) is 25.5 Å². The van der Waals surface area contributed by atoms with Gasteiger partial charge in [-0.2, -0.15) is 13.2 Å². The highest BCUT2D eigenvalue weighted by atomic mass is 19.4. The molecule has 0 spiro atoms. The molecule has 1 aromatic rings. The molecular formula is C10H15F3N4. The van der Waals surface area contributed by atoms with Crippen molar-refractivity contribution >= 4 is 5.95 Å². The summed E-state index contributed by atoms with van der Waals surface area (Å²) in [5.74, 6) is 0.0516. The van der Waals surface area contributed by atoms with E-state index < -0.39 is 12.7 Å². The van der Waals surface area contributed by atoms with Crippen molar-refractivity contribution in [2.75, 3.05) is 18.5 Å². The van der Waals surface area contributed by atoms with Gasteiger partial charge in [-0.15, -0.1) is 0 Å². The molecule has 0 bridgehead atoms. The second-order valence-electron chi connectivity index (χ2n) is 4.04. The molecular weight excluding hydrogens is 233 g/mol. The monoisotopic (exact) mass is 248 g/mol. The van der Waals surface area contributed by atoms with Gasteiger partial charge in [0.15, 0.2) is 0 Å². The summed E-state index contributed by atoms with van der Waals surface area (Å²) >= 11 is 0. The van der Waals surface area contributed by atoms with E-state index in [9.17, 15) is 13.2 Å². The molecule has 0 radical (unpaired) electrons. The normalized spacial score (nSPS) is 13.5. The van der Waals surface area contributed by atoms with Crippen LogP contribution in [-0.4, -0.2) is 35.8 Å². The fraction of sp³-hybridized carbons (Fsp3) is 0.600. The second-order valence-corrected chi connectivity index (χ2v) is 4.04. The Bertz CT molecular complexity index is 348. The van der Waals surface area contributed by atoms with Gasteiger partial charge >= 0.3 is 6.18 Å². The molecule has 2 N–H and O–H groups in total. The van der Waals surface area contributed by atoms with Crippen LogP contribution in [0.15, 0.2) is 12.4 Å². The van der Waals surface area contributed by atoms with E-state index in [1.165, 1.54) is 19.4 Å². The Morgan fingerprint density at radius 1 is 1.35 bits per heavy atom. The number of hydrogen-bond acceptors (Lipinski definition) is 4. The summed E-state index contributed by atoms with van der Waals surface area (Å²) in [7, 11) is 1.30. The van der Waals surface area contributed by atoms with Crippen molar-refractivity contribution in [3.63, 3.8) is 0 Å². The summed E-state index contributed by atoms with van der Waals surface area (Å²) in [5, 5.41) is 0. The Morgan fingerprint density at radius 3 is 2.29 bits per heavy atom. The number of nitrogens with zero attached hydrogens (tertiary/aromatic N) is 3. The lowest BCUT2D eigenvalue weighted by atomic mass is 10.1. The third kappa shape index (κ3) is 4.99. The van der Waals surface area contributed by atoms with E-state index in [4.69, 9.17) is 5.73 Å². The maximum Gasteiger partial charge on any atom is 0.406 e. The maximum absolute atomic E-state index is 12.1. The quantitative estimate of drug-likeness (QED) is 0.874. The maximum atomic E-state index is 12.1. The molecule has 1 unspecified atom stereocenters. The molecule has 1 heterocycles. The predicted octanol–water partition coefficient (Wildman–Crippen LogP) is 1.36. The first-order chi connectivity index (χ1) is 7.78. The van der Waals surface area contributed by atoms with Crippen molar-refractivity contribution in [1.82, 2.24) is 9.97 Å². The van der Waals surface area contributed by atoms with Crippen LogP contribution in [0.25, 0.3) is 0 Å². The average molecular weight is 248 g/mol. The minimum atomic E-state index is -4.26. The Kier molecular flexibility index (Phi) is 4.28. The van der Waals surface area contributed by atoms with Crippen molar-refractivity contribution in [3.8, 4) is 0 Å². The largest absolute Gasteiger partial charge is 0.406 e. The fourth-order valence-corrected chi connectivity index (χ4v) is 1.36. The fourth-order valence-electron chi connectivity index (χ4n) is 1.36. The zero-order valence-corrected chi connectivity index (χ0v) is 9.70. The van der Waals surface area contributed by atoms with Crippen LogP contribution in [0.1, 0.15) is 12.5 Å². The molecule has 0 fully saturated rings. The van der Waals surface area contributed by atoms with Crippen LogP contribution >= 0.6 is 0 Å². The number of nitrogens with two attached hydrogens (primary N) is 1. The van der Waals surface area contributed by atoms with Gasteiger partial charge in [0.25, 0.3) is 0 Å². The molecule has 1 atom stereocenters. The Morgan fingerprint density at radius 2 is 1.88 bits per heavy atom. The van der Waals surface area contributed by atoms with Crippen molar-refractivity contribution in [3.05, 3.63) is 18.0 Å². The van der Waals surface area contributed by atoms with Gasteiger partial charge in [0.2, 0.25) is 5.95 Å². The highest BCUT2D eigenvalue weighted by molar-refractivity contribution is 5.28. The van der Waals surface area contributed by atoms with E-state index in [-0.39, 0.29) is 12.0 Å². The van der Waals surface area contributed by atoms with Gasteiger partial charge in [-0.1, -0.05) is 0 Å². The highest BCUT2D eigenvalue weighted by Crippen LogP contribution is 2.18. The summed E-state index contributed by atoms with van der Waals surface area (Å²) < 4.78 is 36.4. The Hall–Kier alpha value is -1.37. The third-order valence-corrected chi connectivity index (χ3v) is 2.01. The molecule has 1 aromatic heterocycles. The minimum absolute atomic E-state index is 0.0302. The Balaban J connectivity index is 2.67. The van der Waals surface area contributed by atoms with Crippen molar-refractivity contribution < 1.29 is 13.2 Å². The zero-order valence-electron chi connectivity index (χ0n) is 9.70. The van der Waals surface area contributed by atoms with Gasteiger partial charge in [-0.05, 0) is 18.9 Å².